The molecule has 0 amide bonds. The lowest BCUT2D eigenvalue weighted by atomic mass is 9.70. The molecule has 2 aliphatic rings. The fraction of sp³-hybridized carbons (Fsp3) is 0.0182. The van der Waals surface area contributed by atoms with Crippen LogP contribution in [0.2, 0.25) is 0 Å². The molecule has 0 bridgehead atoms. The van der Waals surface area contributed by atoms with Crippen molar-refractivity contribution in [1.82, 2.24) is 4.57 Å². The number of fused-ring (bicyclic) bond motifs is 17. The Morgan fingerprint density at radius 1 is 0.368 bits per heavy atom. The average Bonchev–Trinajstić information content (AvgIpc) is 4.00. The highest BCUT2D eigenvalue weighted by Crippen LogP contribution is 2.64. The Kier molecular flexibility index (Phi) is 5.48. The van der Waals surface area contributed by atoms with Crippen LogP contribution in [-0.2, 0) is 5.41 Å². The molecule has 0 unspecified atom stereocenters. The number of hydrogen-bond acceptors (Lipinski definition) is 1. The van der Waals surface area contributed by atoms with Crippen LogP contribution in [-0.4, -0.2) is 4.57 Å². The first-order valence-electron chi connectivity index (χ1n) is 19.8. The molecule has 0 radical (unpaired) electrons. The van der Waals surface area contributed by atoms with E-state index in [4.69, 9.17) is 4.42 Å². The van der Waals surface area contributed by atoms with Gasteiger partial charge in [-0.05, 0) is 108 Å². The van der Waals surface area contributed by atoms with Gasteiger partial charge in [-0.3, -0.25) is 0 Å². The van der Waals surface area contributed by atoms with Gasteiger partial charge in [-0.15, -0.1) is 0 Å². The van der Waals surface area contributed by atoms with Gasteiger partial charge in [0.2, 0.25) is 0 Å². The Bertz CT molecular complexity index is 3660. The van der Waals surface area contributed by atoms with Gasteiger partial charge < -0.3 is 8.98 Å². The number of furan rings is 1. The molecule has 0 saturated carbocycles. The lowest BCUT2D eigenvalue weighted by Gasteiger charge is -2.30. The van der Waals surface area contributed by atoms with Gasteiger partial charge in [0, 0.05) is 32.8 Å². The summed E-state index contributed by atoms with van der Waals surface area (Å²) in [5.74, 6) is 0. The van der Waals surface area contributed by atoms with Crippen LogP contribution in [0, 0.1) is 0 Å². The molecule has 0 aliphatic heterocycles. The van der Waals surface area contributed by atoms with Gasteiger partial charge >= 0.3 is 0 Å². The molecule has 57 heavy (non-hydrogen) atoms. The highest BCUT2D eigenvalue weighted by atomic mass is 16.3. The second-order valence-electron chi connectivity index (χ2n) is 15.9. The van der Waals surface area contributed by atoms with Crippen LogP contribution >= 0.6 is 0 Å². The summed E-state index contributed by atoms with van der Waals surface area (Å²) in [5, 5.41) is 9.93. The molecule has 10 aromatic carbocycles. The van der Waals surface area contributed by atoms with Gasteiger partial charge in [-0.1, -0.05) is 152 Å². The molecular formula is C55H31NO. The molecule has 12 aromatic rings. The maximum atomic E-state index is 6.64. The Labute approximate surface area is 327 Å². The first-order valence-corrected chi connectivity index (χ1v) is 19.8. The van der Waals surface area contributed by atoms with Crippen molar-refractivity contribution in [2.75, 3.05) is 0 Å². The molecule has 2 heterocycles. The highest BCUT2D eigenvalue weighted by Gasteiger charge is 2.52. The van der Waals surface area contributed by atoms with Crippen LogP contribution in [0.15, 0.2) is 192 Å². The summed E-state index contributed by atoms with van der Waals surface area (Å²) >= 11 is 0. The summed E-state index contributed by atoms with van der Waals surface area (Å²) < 4.78 is 9.17. The van der Waals surface area contributed by atoms with E-state index in [0.717, 1.165) is 28.0 Å². The van der Waals surface area contributed by atoms with E-state index in [9.17, 15) is 0 Å². The zero-order valence-electron chi connectivity index (χ0n) is 30.8. The molecule has 262 valence electrons. The van der Waals surface area contributed by atoms with Crippen molar-refractivity contribution >= 4 is 65.3 Å². The van der Waals surface area contributed by atoms with E-state index in [0.29, 0.717) is 0 Å². The van der Waals surface area contributed by atoms with Crippen LogP contribution < -0.4 is 0 Å². The summed E-state index contributed by atoms with van der Waals surface area (Å²) in [4.78, 5) is 0. The molecule has 2 aliphatic carbocycles. The van der Waals surface area contributed by atoms with Crippen molar-refractivity contribution in [1.29, 1.82) is 0 Å². The van der Waals surface area contributed by atoms with E-state index in [2.05, 4.69) is 193 Å². The molecule has 0 fully saturated rings. The number of rotatable bonds is 2. The van der Waals surface area contributed by atoms with Crippen molar-refractivity contribution in [3.8, 4) is 39.1 Å². The first kappa shape index (κ1) is 29.9. The quantitative estimate of drug-likeness (QED) is 0.163. The largest absolute Gasteiger partial charge is 0.456 e. The molecule has 2 nitrogen and oxygen atoms in total. The SMILES string of the molecule is c1cc(-c2cc3oc4cccc5c6ccccc6c(c2)c3c45)cc(-n2c3ccccc3c3ccc4c(c32)-c2ccccc2C42c3ccccc3-c3ccccc32)c1. The first-order chi connectivity index (χ1) is 28.3. The van der Waals surface area contributed by atoms with Crippen LogP contribution in [0.1, 0.15) is 22.3 Å². The predicted molar refractivity (Wildman–Crippen MR) is 236 cm³/mol. The second-order valence-corrected chi connectivity index (χ2v) is 15.9. The van der Waals surface area contributed by atoms with E-state index < -0.39 is 5.41 Å². The van der Waals surface area contributed by atoms with E-state index in [1.165, 1.54) is 98.6 Å². The lowest BCUT2D eigenvalue weighted by Crippen LogP contribution is -2.25. The van der Waals surface area contributed by atoms with Crippen molar-refractivity contribution < 1.29 is 4.42 Å². The Balaban J connectivity index is 1.07. The number of benzene rings is 10. The molecule has 1 spiro atoms. The normalized spacial score (nSPS) is 13.8. The summed E-state index contributed by atoms with van der Waals surface area (Å²) in [5.41, 5.74) is 18.0. The van der Waals surface area contributed by atoms with Gasteiger partial charge in [-0.25, -0.2) is 0 Å². The molecule has 0 saturated heterocycles. The summed E-state index contributed by atoms with van der Waals surface area (Å²) in [7, 11) is 0. The zero-order valence-corrected chi connectivity index (χ0v) is 30.8. The van der Waals surface area contributed by atoms with Gasteiger partial charge in [0.1, 0.15) is 11.2 Å². The number of hydrogen-bond donors (Lipinski definition) is 0. The topological polar surface area (TPSA) is 18.1 Å². The molecule has 0 atom stereocenters. The molecular weight excluding hydrogens is 691 g/mol. The summed E-state index contributed by atoms with van der Waals surface area (Å²) in [6.07, 6.45) is 0. The third-order valence-corrected chi connectivity index (χ3v) is 13.3. The minimum absolute atomic E-state index is 0.407. The number of para-hydroxylation sites is 1. The zero-order chi connectivity index (χ0) is 37.0. The standard InChI is InChI=1S/C55H31NO/c1-2-16-36-35(15-1)40-21-12-26-49-52(40)53-43(36)30-33(31-50(53)57-49)32-13-11-14-34(29-32)56-48-25-10-6-19-39(48)41-27-28-47-51(54(41)56)42-20-5-9-24-46(42)55(47)44-22-7-3-17-37(44)38-18-4-8-23-45(38)55/h1-31H. The minimum atomic E-state index is -0.407. The van der Waals surface area contributed by atoms with E-state index in [1.807, 2.05) is 0 Å². The number of aromatic nitrogens is 1. The number of nitrogens with zero attached hydrogens (tertiary/aromatic N) is 1. The minimum Gasteiger partial charge on any atom is -0.456 e. The maximum absolute atomic E-state index is 6.64. The maximum Gasteiger partial charge on any atom is 0.136 e. The van der Waals surface area contributed by atoms with Crippen molar-refractivity contribution in [2.24, 2.45) is 0 Å². The van der Waals surface area contributed by atoms with Crippen LogP contribution in [0.25, 0.3) is 104 Å². The van der Waals surface area contributed by atoms with Gasteiger partial charge in [0.05, 0.1) is 16.4 Å². The van der Waals surface area contributed by atoms with E-state index in [-0.39, 0.29) is 0 Å². The summed E-state index contributed by atoms with van der Waals surface area (Å²) in [6, 6.07) is 69.9. The second kappa shape index (κ2) is 10.5. The molecule has 2 aromatic heterocycles. The average molecular weight is 722 g/mol. The molecule has 2 heteroatoms. The Morgan fingerprint density at radius 3 is 1.77 bits per heavy atom. The van der Waals surface area contributed by atoms with Gasteiger partial charge in [0.15, 0.2) is 0 Å². The monoisotopic (exact) mass is 721 g/mol. The van der Waals surface area contributed by atoms with E-state index in [1.54, 1.807) is 0 Å². The van der Waals surface area contributed by atoms with Crippen molar-refractivity contribution in [3.63, 3.8) is 0 Å². The van der Waals surface area contributed by atoms with Crippen molar-refractivity contribution in [2.45, 2.75) is 5.41 Å². The summed E-state index contributed by atoms with van der Waals surface area (Å²) in [6.45, 7) is 0. The Morgan fingerprint density at radius 2 is 0.982 bits per heavy atom. The van der Waals surface area contributed by atoms with Crippen LogP contribution in [0.5, 0.6) is 0 Å². The fourth-order valence-corrected chi connectivity index (χ4v) is 11.2. The smallest absolute Gasteiger partial charge is 0.136 e. The third kappa shape index (κ3) is 3.54. The van der Waals surface area contributed by atoms with Gasteiger partial charge in [-0.2, -0.15) is 0 Å². The molecule has 14 rings (SSSR count). The predicted octanol–water partition coefficient (Wildman–Crippen LogP) is 14.4. The lowest BCUT2D eigenvalue weighted by molar-refractivity contribution is 0.669. The van der Waals surface area contributed by atoms with Gasteiger partial charge in [0.25, 0.3) is 0 Å². The third-order valence-electron chi connectivity index (χ3n) is 13.3. The Hall–Kier alpha value is -7.42. The van der Waals surface area contributed by atoms with E-state index >= 15 is 0 Å². The van der Waals surface area contributed by atoms with Crippen LogP contribution in [0.4, 0.5) is 0 Å². The highest BCUT2D eigenvalue weighted by molar-refractivity contribution is 6.33. The van der Waals surface area contributed by atoms with Crippen LogP contribution in [0.3, 0.4) is 0 Å². The molecule has 0 N–H and O–H groups in total. The van der Waals surface area contributed by atoms with Crippen molar-refractivity contribution in [3.05, 3.63) is 210 Å². The fourth-order valence-electron chi connectivity index (χ4n) is 11.2.